The van der Waals surface area contributed by atoms with Crippen LogP contribution >= 0.6 is 0 Å². The SMILES string of the molecule is COc1cc(NC(=O)[C@@H]2[C@H](C(=O)O)[C@H]3C=C[C@H]2C3)ccc1N1CCOC1=O. The van der Waals surface area contributed by atoms with Crippen LogP contribution in [0.3, 0.4) is 0 Å². The average molecular weight is 372 g/mol. The zero-order valence-corrected chi connectivity index (χ0v) is 14.8. The molecule has 27 heavy (non-hydrogen) atoms. The van der Waals surface area contributed by atoms with E-state index in [-0.39, 0.29) is 17.7 Å². The smallest absolute Gasteiger partial charge is 0.414 e. The highest BCUT2D eigenvalue weighted by Gasteiger charge is 2.51. The fourth-order valence-corrected chi connectivity index (χ4v) is 4.33. The summed E-state index contributed by atoms with van der Waals surface area (Å²) >= 11 is 0. The Labute approximate surface area is 155 Å². The Kier molecular flexibility index (Phi) is 4.25. The lowest BCUT2D eigenvalue weighted by atomic mass is 9.82. The third-order valence-electron chi connectivity index (χ3n) is 5.55. The first-order valence-electron chi connectivity index (χ1n) is 8.84. The zero-order chi connectivity index (χ0) is 19.1. The summed E-state index contributed by atoms with van der Waals surface area (Å²) in [4.78, 5) is 37.6. The highest BCUT2D eigenvalue weighted by Crippen LogP contribution is 2.48. The van der Waals surface area contributed by atoms with E-state index in [4.69, 9.17) is 9.47 Å². The number of carbonyl (C=O) groups is 3. The monoisotopic (exact) mass is 372 g/mol. The van der Waals surface area contributed by atoms with Crippen molar-refractivity contribution < 1.29 is 29.0 Å². The standard InChI is InChI=1S/C19H20N2O6/c1-26-14-9-12(4-5-13(14)21-6-7-27-19(21)25)20-17(22)15-10-2-3-11(8-10)16(15)18(23)24/h2-5,9-11,15-16H,6-8H2,1H3,(H,20,22)(H,23,24)/t10-,11-,15-,16+/m0/s1. The zero-order valence-electron chi connectivity index (χ0n) is 14.8. The molecule has 1 aromatic rings. The number of hydrogen-bond acceptors (Lipinski definition) is 5. The summed E-state index contributed by atoms with van der Waals surface area (Å²) in [6.07, 6.45) is 4.11. The quantitative estimate of drug-likeness (QED) is 0.767. The van der Waals surface area contributed by atoms with E-state index in [1.165, 1.54) is 12.0 Å². The summed E-state index contributed by atoms with van der Waals surface area (Å²) in [6, 6.07) is 4.97. The van der Waals surface area contributed by atoms with Crippen molar-refractivity contribution in [2.45, 2.75) is 6.42 Å². The molecule has 0 radical (unpaired) electrons. The van der Waals surface area contributed by atoms with Crippen molar-refractivity contribution in [2.75, 3.05) is 30.5 Å². The van der Waals surface area contributed by atoms with Gasteiger partial charge < -0.3 is 19.9 Å². The fraction of sp³-hybridized carbons (Fsp3) is 0.421. The molecular weight excluding hydrogens is 352 g/mol. The molecule has 3 aliphatic rings. The highest BCUT2D eigenvalue weighted by molar-refractivity contribution is 5.97. The van der Waals surface area contributed by atoms with E-state index < -0.39 is 23.9 Å². The first-order chi connectivity index (χ1) is 13.0. The predicted molar refractivity (Wildman–Crippen MR) is 95.7 cm³/mol. The number of cyclic esters (lactones) is 1. The van der Waals surface area contributed by atoms with Crippen molar-refractivity contribution in [2.24, 2.45) is 23.7 Å². The van der Waals surface area contributed by atoms with Crippen molar-refractivity contribution in [3.05, 3.63) is 30.4 Å². The maximum atomic E-state index is 12.8. The Morgan fingerprint density at radius 1 is 1.26 bits per heavy atom. The second kappa shape index (κ2) is 6.61. The van der Waals surface area contributed by atoms with Crippen LogP contribution in [0.5, 0.6) is 5.75 Å². The largest absolute Gasteiger partial charge is 0.494 e. The van der Waals surface area contributed by atoms with Gasteiger partial charge in [-0.25, -0.2) is 4.79 Å². The molecule has 2 amide bonds. The Balaban J connectivity index is 1.54. The summed E-state index contributed by atoms with van der Waals surface area (Å²) in [5.74, 6) is -2.23. The van der Waals surface area contributed by atoms with E-state index in [1.807, 2.05) is 12.2 Å². The molecular formula is C19H20N2O6. The number of fused-ring (bicyclic) bond motifs is 2. The van der Waals surface area contributed by atoms with Gasteiger partial charge in [-0.15, -0.1) is 0 Å². The number of aliphatic carboxylic acids is 1. The number of rotatable bonds is 5. The minimum absolute atomic E-state index is 0.0448. The topological polar surface area (TPSA) is 105 Å². The van der Waals surface area contributed by atoms with Crippen LogP contribution in [0.25, 0.3) is 0 Å². The number of nitrogens with zero attached hydrogens (tertiary/aromatic N) is 1. The maximum absolute atomic E-state index is 12.8. The molecule has 4 atom stereocenters. The number of carbonyl (C=O) groups excluding carboxylic acids is 2. The Bertz CT molecular complexity index is 835. The van der Waals surface area contributed by atoms with Gasteiger partial charge in [0.2, 0.25) is 5.91 Å². The molecule has 0 aromatic heterocycles. The number of allylic oxidation sites excluding steroid dienone is 2. The molecule has 2 fully saturated rings. The van der Waals surface area contributed by atoms with E-state index in [0.717, 1.165) is 0 Å². The molecule has 1 heterocycles. The van der Waals surface area contributed by atoms with E-state index in [2.05, 4.69) is 5.32 Å². The van der Waals surface area contributed by atoms with Gasteiger partial charge in [0, 0.05) is 11.8 Å². The normalized spacial score (nSPS) is 28.3. The summed E-state index contributed by atoms with van der Waals surface area (Å²) in [5.41, 5.74) is 1.05. The maximum Gasteiger partial charge on any atom is 0.414 e. The molecule has 0 unspecified atom stereocenters. The van der Waals surface area contributed by atoms with Crippen LogP contribution in [0.4, 0.5) is 16.2 Å². The number of ether oxygens (including phenoxy) is 2. The van der Waals surface area contributed by atoms with Crippen LogP contribution in [-0.4, -0.2) is 43.3 Å². The van der Waals surface area contributed by atoms with Crippen LogP contribution in [0.2, 0.25) is 0 Å². The van der Waals surface area contributed by atoms with Crippen molar-refractivity contribution in [3.63, 3.8) is 0 Å². The average Bonchev–Trinajstić information content (AvgIpc) is 3.37. The molecule has 1 saturated carbocycles. The van der Waals surface area contributed by atoms with Crippen LogP contribution < -0.4 is 15.0 Å². The Morgan fingerprint density at radius 2 is 2.00 bits per heavy atom. The molecule has 1 aliphatic heterocycles. The second-order valence-corrected chi connectivity index (χ2v) is 6.98. The van der Waals surface area contributed by atoms with Crippen molar-refractivity contribution in [1.82, 2.24) is 0 Å². The molecule has 2 aliphatic carbocycles. The second-order valence-electron chi connectivity index (χ2n) is 6.98. The number of nitrogens with one attached hydrogen (secondary N) is 1. The van der Waals surface area contributed by atoms with Gasteiger partial charge in [-0.05, 0) is 30.4 Å². The summed E-state index contributed by atoms with van der Waals surface area (Å²) in [6.45, 7) is 0.744. The van der Waals surface area contributed by atoms with E-state index >= 15 is 0 Å². The number of methoxy groups -OCH3 is 1. The summed E-state index contributed by atoms with van der Waals surface area (Å²) in [5, 5.41) is 12.3. The number of hydrogen-bond donors (Lipinski definition) is 2. The molecule has 4 rings (SSSR count). The van der Waals surface area contributed by atoms with Crippen LogP contribution in [-0.2, 0) is 14.3 Å². The molecule has 2 N–H and O–H groups in total. The van der Waals surface area contributed by atoms with Crippen molar-refractivity contribution in [3.8, 4) is 5.75 Å². The Morgan fingerprint density at radius 3 is 2.63 bits per heavy atom. The van der Waals surface area contributed by atoms with Crippen molar-refractivity contribution in [1.29, 1.82) is 0 Å². The van der Waals surface area contributed by atoms with Crippen LogP contribution in [0.15, 0.2) is 30.4 Å². The lowest BCUT2D eigenvalue weighted by Gasteiger charge is -2.24. The predicted octanol–water partition coefficient (Wildman–Crippen LogP) is 2.11. The third kappa shape index (κ3) is 2.90. The Hall–Kier alpha value is -3.03. The van der Waals surface area contributed by atoms with E-state index in [0.29, 0.717) is 36.7 Å². The molecule has 8 nitrogen and oxygen atoms in total. The number of amides is 2. The molecule has 1 saturated heterocycles. The summed E-state index contributed by atoms with van der Waals surface area (Å²) < 4.78 is 10.3. The van der Waals surface area contributed by atoms with Crippen molar-refractivity contribution >= 4 is 29.3 Å². The van der Waals surface area contributed by atoms with Gasteiger partial charge in [-0.1, -0.05) is 12.2 Å². The van der Waals surface area contributed by atoms with E-state index in [9.17, 15) is 19.5 Å². The fourth-order valence-electron chi connectivity index (χ4n) is 4.33. The molecule has 1 aromatic carbocycles. The lowest BCUT2D eigenvalue weighted by Crippen LogP contribution is -2.36. The summed E-state index contributed by atoms with van der Waals surface area (Å²) in [7, 11) is 1.48. The number of carboxylic acid groups (broad SMARTS) is 1. The van der Waals surface area contributed by atoms with Gasteiger partial charge >= 0.3 is 12.1 Å². The number of benzene rings is 1. The van der Waals surface area contributed by atoms with Gasteiger partial charge in [-0.2, -0.15) is 0 Å². The molecule has 0 spiro atoms. The molecule has 8 heteroatoms. The number of anilines is 2. The van der Waals surface area contributed by atoms with Crippen LogP contribution in [0.1, 0.15) is 6.42 Å². The minimum atomic E-state index is -0.938. The minimum Gasteiger partial charge on any atom is -0.494 e. The first-order valence-corrected chi connectivity index (χ1v) is 8.84. The molecule has 142 valence electrons. The third-order valence-corrected chi connectivity index (χ3v) is 5.55. The van der Waals surface area contributed by atoms with Gasteiger partial charge in [0.15, 0.2) is 0 Å². The highest BCUT2D eigenvalue weighted by atomic mass is 16.6. The van der Waals surface area contributed by atoms with Crippen LogP contribution in [0, 0.1) is 23.7 Å². The molecule has 2 bridgehead atoms. The van der Waals surface area contributed by atoms with Gasteiger partial charge in [-0.3, -0.25) is 14.5 Å². The van der Waals surface area contributed by atoms with Gasteiger partial charge in [0.05, 0.1) is 31.2 Å². The lowest BCUT2D eigenvalue weighted by molar-refractivity contribution is -0.146. The van der Waals surface area contributed by atoms with Gasteiger partial charge in [0.1, 0.15) is 12.4 Å². The van der Waals surface area contributed by atoms with E-state index in [1.54, 1.807) is 18.2 Å². The van der Waals surface area contributed by atoms with Gasteiger partial charge in [0.25, 0.3) is 0 Å². The first kappa shape index (κ1) is 17.4. The number of carboxylic acids is 1.